The van der Waals surface area contributed by atoms with Crippen molar-refractivity contribution in [1.29, 1.82) is 0 Å². The number of nitrogens with zero attached hydrogens (tertiary/aromatic N) is 3. The summed E-state index contributed by atoms with van der Waals surface area (Å²) in [6, 6.07) is 6.38. The molecule has 2 rings (SSSR count). The molecule has 0 fully saturated rings. The monoisotopic (exact) mass is 407 g/mol. The highest BCUT2D eigenvalue weighted by Crippen LogP contribution is 2.18. The van der Waals surface area contributed by atoms with E-state index in [-0.39, 0.29) is 30.3 Å². The summed E-state index contributed by atoms with van der Waals surface area (Å²) in [5.74, 6) is 1.35. The SMILES string of the molecule is CCNC(=NCc1nc(C(C)OCC)no1)NCC(CC)Oc1ccccc1F. The van der Waals surface area contributed by atoms with Crippen LogP contribution in [0, 0.1) is 5.82 Å². The third kappa shape index (κ3) is 7.34. The van der Waals surface area contributed by atoms with Gasteiger partial charge in [0.25, 0.3) is 0 Å². The number of hydrogen-bond donors (Lipinski definition) is 2. The minimum Gasteiger partial charge on any atom is -0.486 e. The van der Waals surface area contributed by atoms with Crippen molar-refractivity contribution in [3.63, 3.8) is 0 Å². The average Bonchev–Trinajstić information content (AvgIpc) is 3.20. The third-order valence-corrected chi connectivity index (χ3v) is 4.06. The van der Waals surface area contributed by atoms with E-state index in [0.29, 0.717) is 43.8 Å². The zero-order chi connectivity index (χ0) is 21.1. The topological polar surface area (TPSA) is 93.8 Å². The van der Waals surface area contributed by atoms with Gasteiger partial charge in [0.05, 0.1) is 6.54 Å². The number of aliphatic imine (C=N–C) groups is 1. The highest BCUT2D eigenvalue weighted by Gasteiger charge is 2.14. The number of benzene rings is 1. The van der Waals surface area contributed by atoms with Crippen LogP contribution in [0.3, 0.4) is 0 Å². The number of hydrogen-bond acceptors (Lipinski definition) is 6. The van der Waals surface area contributed by atoms with E-state index in [1.807, 2.05) is 27.7 Å². The van der Waals surface area contributed by atoms with Crippen molar-refractivity contribution in [1.82, 2.24) is 20.8 Å². The van der Waals surface area contributed by atoms with Gasteiger partial charge < -0.3 is 24.6 Å². The molecule has 2 atom stereocenters. The number of aromatic nitrogens is 2. The molecule has 1 heterocycles. The fourth-order valence-corrected chi connectivity index (χ4v) is 2.51. The Balaban J connectivity index is 1.93. The summed E-state index contributed by atoms with van der Waals surface area (Å²) in [5.41, 5.74) is 0. The van der Waals surface area contributed by atoms with Crippen molar-refractivity contribution in [2.75, 3.05) is 19.7 Å². The summed E-state index contributed by atoms with van der Waals surface area (Å²) in [7, 11) is 0. The van der Waals surface area contributed by atoms with Gasteiger partial charge in [-0.05, 0) is 39.3 Å². The molecular weight excluding hydrogens is 377 g/mol. The Kier molecular flexibility index (Phi) is 9.36. The maximum Gasteiger partial charge on any atom is 0.248 e. The van der Waals surface area contributed by atoms with Crippen molar-refractivity contribution < 1.29 is 18.4 Å². The van der Waals surface area contributed by atoms with E-state index >= 15 is 0 Å². The van der Waals surface area contributed by atoms with Crippen molar-refractivity contribution in [2.24, 2.45) is 4.99 Å². The summed E-state index contributed by atoms with van der Waals surface area (Å²) < 4.78 is 30.3. The quantitative estimate of drug-likeness (QED) is 0.436. The zero-order valence-corrected chi connectivity index (χ0v) is 17.4. The van der Waals surface area contributed by atoms with Crippen LogP contribution in [-0.4, -0.2) is 41.9 Å². The second-order valence-corrected chi connectivity index (χ2v) is 6.30. The Morgan fingerprint density at radius 3 is 2.72 bits per heavy atom. The maximum absolute atomic E-state index is 13.8. The summed E-state index contributed by atoms with van der Waals surface area (Å²) in [6.45, 7) is 9.69. The van der Waals surface area contributed by atoms with Gasteiger partial charge in [0, 0.05) is 13.2 Å². The predicted molar refractivity (Wildman–Crippen MR) is 108 cm³/mol. The smallest absolute Gasteiger partial charge is 0.248 e. The largest absolute Gasteiger partial charge is 0.486 e. The normalized spacial score (nSPS) is 13.8. The molecule has 9 heteroatoms. The fraction of sp³-hybridized carbons (Fsp3) is 0.550. The summed E-state index contributed by atoms with van der Waals surface area (Å²) in [4.78, 5) is 8.77. The van der Waals surface area contributed by atoms with E-state index in [4.69, 9.17) is 14.0 Å². The first-order valence-electron chi connectivity index (χ1n) is 9.94. The molecule has 29 heavy (non-hydrogen) atoms. The van der Waals surface area contributed by atoms with Crippen LogP contribution in [0.5, 0.6) is 5.75 Å². The van der Waals surface area contributed by atoms with Crippen LogP contribution in [0.15, 0.2) is 33.8 Å². The summed E-state index contributed by atoms with van der Waals surface area (Å²) in [5, 5.41) is 10.3. The number of guanidine groups is 1. The molecule has 1 aromatic carbocycles. The first-order chi connectivity index (χ1) is 14.1. The van der Waals surface area contributed by atoms with E-state index in [2.05, 4.69) is 25.8 Å². The molecule has 0 saturated carbocycles. The fourth-order valence-electron chi connectivity index (χ4n) is 2.51. The number of nitrogens with one attached hydrogen (secondary N) is 2. The minimum atomic E-state index is -0.375. The van der Waals surface area contributed by atoms with Crippen molar-refractivity contribution >= 4 is 5.96 Å². The lowest BCUT2D eigenvalue weighted by Crippen LogP contribution is -2.42. The molecule has 0 saturated heterocycles. The van der Waals surface area contributed by atoms with E-state index in [1.165, 1.54) is 6.07 Å². The van der Waals surface area contributed by atoms with Gasteiger partial charge in [0.2, 0.25) is 5.89 Å². The van der Waals surface area contributed by atoms with Crippen LogP contribution in [0.2, 0.25) is 0 Å². The first kappa shape index (κ1) is 22.6. The van der Waals surface area contributed by atoms with E-state index in [1.54, 1.807) is 18.2 Å². The van der Waals surface area contributed by atoms with Gasteiger partial charge >= 0.3 is 0 Å². The Morgan fingerprint density at radius 2 is 2.03 bits per heavy atom. The molecular formula is C20H30FN5O3. The molecule has 0 amide bonds. The van der Waals surface area contributed by atoms with E-state index < -0.39 is 0 Å². The van der Waals surface area contributed by atoms with Gasteiger partial charge in [0.1, 0.15) is 18.8 Å². The van der Waals surface area contributed by atoms with Gasteiger partial charge in [-0.2, -0.15) is 4.98 Å². The molecule has 0 aliphatic carbocycles. The highest BCUT2D eigenvalue weighted by atomic mass is 19.1. The molecule has 8 nitrogen and oxygen atoms in total. The van der Waals surface area contributed by atoms with Crippen LogP contribution in [0.25, 0.3) is 0 Å². The first-order valence-corrected chi connectivity index (χ1v) is 9.94. The molecule has 2 unspecified atom stereocenters. The lowest BCUT2D eigenvalue weighted by atomic mass is 10.2. The Bertz CT molecular complexity index is 768. The molecule has 2 aromatic rings. The Hall–Kier alpha value is -2.68. The maximum atomic E-state index is 13.8. The van der Waals surface area contributed by atoms with Crippen LogP contribution < -0.4 is 15.4 Å². The lowest BCUT2D eigenvalue weighted by molar-refractivity contribution is 0.0683. The minimum absolute atomic E-state index is 0.210. The second kappa shape index (κ2) is 12.0. The van der Waals surface area contributed by atoms with Crippen LogP contribution in [0.4, 0.5) is 4.39 Å². The van der Waals surface area contributed by atoms with Gasteiger partial charge in [-0.25, -0.2) is 9.38 Å². The number of ether oxygens (including phenoxy) is 2. The van der Waals surface area contributed by atoms with Crippen LogP contribution in [-0.2, 0) is 11.3 Å². The van der Waals surface area contributed by atoms with Gasteiger partial charge in [0.15, 0.2) is 23.4 Å². The molecule has 0 aliphatic rings. The third-order valence-electron chi connectivity index (χ3n) is 4.06. The Labute approximate surface area is 170 Å². The molecule has 1 aromatic heterocycles. The number of para-hydroxylation sites is 1. The summed E-state index contributed by atoms with van der Waals surface area (Å²) in [6.07, 6.45) is 0.273. The van der Waals surface area contributed by atoms with E-state index in [0.717, 1.165) is 0 Å². The van der Waals surface area contributed by atoms with Gasteiger partial charge in [-0.3, -0.25) is 0 Å². The molecule has 2 N–H and O–H groups in total. The zero-order valence-electron chi connectivity index (χ0n) is 17.4. The second-order valence-electron chi connectivity index (χ2n) is 6.30. The standard InChI is InChI=1S/C20H30FN5O3/c1-5-15(28-17-11-9-8-10-16(17)21)12-23-20(22-6-2)24-13-18-25-19(26-29-18)14(4)27-7-3/h8-11,14-15H,5-7,12-13H2,1-4H3,(H2,22,23,24). The van der Waals surface area contributed by atoms with Gasteiger partial charge in [-0.15, -0.1) is 0 Å². The average molecular weight is 407 g/mol. The summed E-state index contributed by atoms with van der Waals surface area (Å²) >= 11 is 0. The van der Waals surface area contributed by atoms with E-state index in [9.17, 15) is 4.39 Å². The molecule has 0 radical (unpaired) electrons. The van der Waals surface area contributed by atoms with Crippen molar-refractivity contribution in [3.8, 4) is 5.75 Å². The van der Waals surface area contributed by atoms with Crippen molar-refractivity contribution in [2.45, 2.75) is 52.9 Å². The molecule has 0 aliphatic heterocycles. The lowest BCUT2D eigenvalue weighted by Gasteiger charge is -2.20. The Morgan fingerprint density at radius 1 is 1.24 bits per heavy atom. The molecule has 0 spiro atoms. The van der Waals surface area contributed by atoms with Crippen LogP contribution >= 0.6 is 0 Å². The predicted octanol–water partition coefficient (Wildman–Crippen LogP) is 3.22. The van der Waals surface area contributed by atoms with Gasteiger partial charge in [-0.1, -0.05) is 24.2 Å². The number of rotatable bonds is 11. The van der Waals surface area contributed by atoms with Crippen LogP contribution in [0.1, 0.15) is 51.9 Å². The molecule has 160 valence electrons. The molecule has 0 bridgehead atoms. The van der Waals surface area contributed by atoms with Crippen molar-refractivity contribution in [3.05, 3.63) is 41.8 Å². The number of halogens is 1. The highest BCUT2D eigenvalue weighted by molar-refractivity contribution is 5.79.